The number of hydrogen-bond acceptors (Lipinski definition) is 2. The van der Waals surface area contributed by atoms with Gasteiger partial charge in [0.2, 0.25) is 11.8 Å². The summed E-state index contributed by atoms with van der Waals surface area (Å²) in [5.74, 6) is -0.282. The van der Waals surface area contributed by atoms with Crippen LogP contribution in [-0.2, 0) is 9.59 Å². The average molecular weight is 310 g/mol. The second kappa shape index (κ2) is 5.22. The normalized spacial score (nSPS) is 24.2. The molecular formula is C14H16BrNO2. The van der Waals surface area contributed by atoms with Gasteiger partial charge >= 0.3 is 0 Å². The molecule has 4 heteroatoms. The van der Waals surface area contributed by atoms with Gasteiger partial charge in [-0.3, -0.25) is 14.9 Å². The van der Waals surface area contributed by atoms with Crippen molar-refractivity contribution in [2.45, 2.75) is 26.2 Å². The molecule has 2 unspecified atom stereocenters. The van der Waals surface area contributed by atoms with Crippen LogP contribution in [0.5, 0.6) is 0 Å². The minimum atomic E-state index is -0.179. The van der Waals surface area contributed by atoms with E-state index in [9.17, 15) is 9.59 Å². The van der Waals surface area contributed by atoms with Crippen molar-refractivity contribution in [1.82, 2.24) is 5.32 Å². The fourth-order valence-electron chi connectivity index (χ4n) is 2.61. The van der Waals surface area contributed by atoms with E-state index in [2.05, 4.69) is 21.2 Å². The van der Waals surface area contributed by atoms with Crippen molar-refractivity contribution >= 4 is 27.7 Å². The summed E-state index contributed by atoms with van der Waals surface area (Å²) < 4.78 is 0.973. The van der Waals surface area contributed by atoms with Crippen LogP contribution in [0.1, 0.15) is 31.7 Å². The Balaban J connectivity index is 2.38. The summed E-state index contributed by atoms with van der Waals surface area (Å²) in [4.78, 5) is 23.5. The molecule has 3 nitrogen and oxygen atoms in total. The second-order valence-corrected chi connectivity index (χ2v) is 5.96. The van der Waals surface area contributed by atoms with Crippen molar-refractivity contribution in [1.29, 1.82) is 0 Å². The lowest BCUT2D eigenvalue weighted by atomic mass is 9.75. The van der Waals surface area contributed by atoms with Gasteiger partial charge in [0.15, 0.2) is 0 Å². The number of carbonyl (C=O) groups is 2. The van der Waals surface area contributed by atoms with Crippen molar-refractivity contribution < 1.29 is 9.59 Å². The summed E-state index contributed by atoms with van der Waals surface area (Å²) in [6.07, 6.45) is 0.380. The van der Waals surface area contributed by atoms with Crippen LogP contribution in [0.15, 0.2) is 28.7 Å². The topological polar surface area (TPSA) is 46.2 Å². The molecule has 1 aliphatic heterocycles. The zero-order valence-corrected chi connectivity index (χ0v) is 12.0. The van der Waals surface area contributed by atoms with E-state index in [-0.39, 0.29) is 29.6 Å². The van der Waals surface area contributed by atoms with Crippen LogP contribution in [0.25, 0.3) is 0 Å². The standard InChI is InChI=1S/C14H16BrNO2/c1-8(2)13-11(7-12(17)16-14(13)18)9-4-3-5-10(15)6-9/h3-6,8,11,13H,7H2,1-2H3,(H,16,17,18). The zero-order chi connectivity index (χ0) is 13.3. The summed E-state index contributed by atoms with van der Waals surface area (Å²) in [7, 11) is 0. The molecule has 2 atom stereocenters. The van der Waals surface area contributed by atoms with Gasteiger partial charge in [0.25, 0.3) is 0 Å². The highest BCUT2D eigenvalue weighted by atomic mass is 79.9. The van der Waals surface area contributed by atoms with E-state index in [1.165, 1.54) is 0 Å². The van der Waals surface area contributed by atoms with Crippen LogP contribution in [0.3, 0.4) is 0 Å². The van der Waals surface area contributed by atoms with Crippen LogP contribution in [0.4, 0.5) is 0 Å². The smallest absolute Gasteiger partial charge is 0.230 e. The number of halogens is 1. The van der Waals surface area contributed by atoms with Gasteiger partial charge in [-0.05, 0) is 23.6 Å². The minimum Gasteiger partial charge on any atom is -0.296 e. The van der Waals surface area contributed by atoms with Crippen molar-refractivity contribution in [2.75, 3.05) is 0 Å². The van der Waals surface area contributed by atoms with Crippen LogP contribution in [0.2, 0.25) is 0 Å². The van der Waals surface area contributed by atoms with E-state index in [4.69, 9.17) is 0 Å². The summed E-state index contributed by atoms with van der Waals surface area (Å²) in [5, 5.41) is 2.44. The number of carbonyl (C=O) groups excluding carboxylic acids is 2. The van der Waals surface area contributed by atoms with Crippen molar-refractivity contribution in [2.24, 2.45) is 11.8 Å². The van der Waals surface area contributed by atoms with Gasteiger partial charge in [-0.1, -0.05) is 41.9 Å². The van der Waals surface area contributed by atoms with Crippen molar-refractivity contribution in [3.8, 4) is 0 Å². The summed E-state index contributed by atoms with van der Waals surface area (Å²) in [6.45, 7) is 4.04. The van der Waals surface area contributed by atoms with E-state index >= 15 is 0 Å². The van der Waals surface area contributed by atoms with Gasteiger partial charge in [0.1, 0.15) is 0 Å². The third-order valence-corrected chi connectivity index (χ3v) is 3.89. The maximum absolute atomic E-state index is 12.0. The second-order valence-electron chi connectivity index (χ2n) is 5.05. The van der Waals surface area contributed by atoms with E-state index in [0.717, 1.165) is 10.0 Å². The largest absolute Gasteiger partial charge is 0.296 e. The molecule has 0 aromatic heterocycles. The van der Waals surface area contributed by atoms with E-state index in [1.54, 1.807) is 0 Å². The molecular weight excluding hydrogens is 294 g/mol. The lowest BCUT2D eigenvalue weighted by Gasteiger charge is -2.33. The third-order valence-electron chi connectivity index (χ3n) is 3.40. The van der Waals surface area contributed by atoms with Crippen molar-refractivity contribution in [3.63, 3.8) is 0 Å². The fraction of sp³-hybridized carbons (Fsp3) is 0.429. The molecule has 0 bridgehead atoms. The van der Waals surface area contributed by atoms with Gasteiger partial charge < -0.3 is 0 Å². The number of hydrogen-bond donors (Lipinski definition) is 1. The highest BCUT2D eigenvalue weighted by molar-refractivity contribution is 9.10. The van der Waals surface area contributed by atoms with Gasteiger partial charge in [-0.15, -0.1) is 0 Å². The quantitative estimate of drug-likeness (QED) is 0.854. The Morgan fingerprint density at radius 3 is 2.67 bits per heavy atom. The van der Waals surface area contributed by atoms with Crippen molar-refractivity contribution in [3.05, 3.63) is 34.3 Å². The molecule has 0 radical (unpaired) electrons. The van der Waals surface area contributed by atoms with E-state index < -0.39 is 0 Å². The van der Waals surface area contributed by atoms with Gasteiger partial charge in [0, 0.05) is 22.7 Å². The molecule has 1 aliphatic rings. The molecule has 96 valence electrons. The van der Waals surface area contributed by atoms with Gasteiger partial charge in [-0.25, -0.2) is 0 Å². The highest BCUT2D eigenvalue weighted by Crippen LogP contribution is 2.36. The first-order chi connectivity index (χ1) is 8.49. The Morgan fingerprint density at radius 1 is 1.33 bits per heavy atom. The molecule has 2 amide bonds. The number of rotatable bonds is 2. The Morgan fingerprint density at radius 2 is 2.06 bits per heavy atom. The molecule has 1 saturated heterocycles. The minimum absolute atomic E-state index is 0.0243. The Bertz CT molecular complexity index is 484. The SMILES string of the molecule is CC(C)C1C(=O)NC(=O)CC1c1cccc(Br)c1. The molecule has 1 aromatic carbocycles. The molecule has 0 saturated carbocycles. The number of amides is 2. The lowest BCUT2D eigenvalue weighted by molar-refractivity contribution is -0.138. The van der Waals surface area contributed by atoms with Gasteiger partial charge in [-0.2, -0.15) is 0 Å². The molecule has 1 heterocycles. The Kier molecular flexibility index (Phi) is 3.85. The monoisotopic (exact) mass is 309 g/mol. The summed E-state index contributed by atoms with van der Waals surface area (Å²) in [6, 6.07) is 7.86. The first-order valence-electron chi connectivity index (χ1n) is 6.08. The predicted molar refractivity (Wildman–Crippen MR) is 73.0 cm³/mol. The van der Waals surface area contributed by atoms with Crippen LogP contribution in [-0.4, -0.2) is 11.8 Å². The third kappa shape index (κ3) is 2.64. The Labute approximate surface area is 115 Å². The maximum atomic E-state index is 12.0. The molecule has 1 aromatic rings. The lowest BCUT2D eigenvalue weighted by Crippen LogP contribution is -2.46. The molecule has 0 aliphatic carbocycles. The fourth-order valence-corrected chi connectivity index (χ4v) is 3.03. The number of piperidine rings is 1. The predicted octanol–water partition coefficient (Wildman–Crippen LogP) is 2.85. The van der Waals surface area contributed by atoms with Crippen LogP contribution < -0.4 is 5.32 Å². The molecule has 0 spiro atoms. The molecule has 1 N–H and O–H groups in total. The first kappa shape index (κ1) is 13.3. The first-order valence-corrected chi connectivity index (χ1v) is 6.87. The van der Waals surface area contributed by atoms with E-state index in [1.807, 2.05) is 38.1 Å². The maximum Gasteiger partial charge on any atom is 0.230 e. The zero-order valence-electron chi connectivity index (χ0n) is 10.4. The summed E-state index contributed by atoms with van der Waals surface area (Å²) in [5.41, 5.74) is 1.05. The van der Waals surface area contributed by atoms with E-state index in [0.29, 0.717) is 6.42 Å². The number of imide groups is 1. The number of benzene rings is 1. The molecule has 18 heavy (non-hydrogen) atoms. The van der Waals surface area contributed by atoms with Crippen LogP contribution >= 0.6 is 15.9 Å². The summed E-state index contributed by atoms with van der Waals surface area (Å²) >= 11 is 3.43. The molecule has 1 fully saturated rings. The molecule has 2 rings (SSSR count). The highest BCUT2D eigenvalue weighted by Gasteiger charge is 2.38. The van der Waals surface area contributed by atoms with Gasteiger partial charge in [0.05, 0.1) is 0 Å². The Hall–Kier alpha value is -1.16. The number of nitrogens with one attached hydrogen (secondary N) is 1. The average Bonchev–Trinajstić information content (AvgIpc) is 2.27. The van der Waals surface area contributed by atoms with Crippen LogP contribution in [0, 0.1) is 11.8 Å².